The van der Waals surface area contributed by atoms with E-state index in [1.54, 1.807) is 6.92 Å². The largest absolute Gasteiger partial charge is 0.505 e. The molecule has 1 heterocycles. The molecular weight excluding hydrogens is 642 g/mol. The highest BCUT2D eigenvalue weighted by Crippen LogP contribution is 2.47. The van der Waals surface area contributed by atoms with E-state index in [-0.39, 0.29) is 49.9 Å². The Morgan fingerprint density at radius 3 is 2.33 bits per heavy atom. The molecule has 42 heavy (non-hydrogen) atoms. The zero-order chi connectivity index (χ0) is 30.8. The van der Waals surface area contributed by atoms with E-state index in [1.807, 2.05) is 0 Å². The molecular formula is C21H18ClN7O10S3. The lowest BCUT2D eigenvalue weighted by Crippen LogP contribution is -2.05. The number of fused-ring (bicyclic) bond motifs is 1. The fourth-order valence-corrected chi connectivity index (χ4v) is 5.39. The van der Waals surface area contributed by atoms with Crippen molar-refractivity contribution in [1.82, 2.24) is 15.0 Å². The second-order valence-electron chi connectivity index (χ2n) is 8.11. The first kappa shape index (κ1) is 31.2. The standard InChI is InChI=1S/C21H18ClN7O10S3/c1-9-3-4-15(42(35,36)37)12(5-9)28-29-17-14(40-39-38-31)7-10-6-11(41(32,33)34)8-13(16(10)18(17)30)24-21-26-19(22)25-20(23-2)27-21/h3-8,30-31H,1-2H3,(H,32,33,34)(H,35,36,37)(H2,23,24,25,26,27). The highest BCUT2D eigenvalue weighted by molar-refractivity contribution is 7.94. The first-order chi connectivity index (χ1) is 19.7. The molecule has 0 spiro atoms. The summed E-state index contributed by atoms with van der Waals surface area (Å²) < 4.78 is 71.6. The first-order valence-corrected chi connectivity index (χ1v) is 15.0. The number of anilines is 3. The zero-order valence-electron chi connectivity index (χ0n) is 21.0. The summed E-state index contributed by atoms with van der Waals surface area (Å²) in [6, 6.07) is 7.03. The molecule has 6 N–H and O–H groups in total. The fourth-order valence-electron chi connectivity index (χ4n) is 3.59. The molecule has 17 nitrogen and oxygen atoms in total. The van der Waals surface area contributed by atoms with Crippen LogP contribution in [0.2, 0.25) is 5.28 Å². The number of benzene rings is 3. The van der Waals surface area contributed by atoms with Crippen LogP contribution in [0.5, 0.6) is 5.75 Å². The number of aromatic nitrogens is 3. The lowest BCUT2D eigenvalue weighted by Gasteiger charge is -2.15. The number of halogens is 1. The molecule has 0 saturated carbocycles. The van der Waals surface area contributed by atoms with Crippen molar-refractivity contribution < 1.29 is 45.7 Å². The zero-order valence-corrected chi connectivity index (χ0v) is 24.2. The number of rotatable bonds is 10. The molecule has 0 fully saturated rings. The lowest BCUT2D eigenvalue weighted by atomic mass is 10.1. The monoisotopic (exact) mass is 659 g/mol. The minimum Gasteiger partial charge on any atom is -0.505 e. The Kier molecular flexibility index (Phi) is 9.10. The number of azo groups is 1. The van der Waals surface area contributed by atoms with E-state index in [0.29, 0.717) is 17.6 Å². The molecule has 21 heteroatoms. The van der Waals surface area contributed by atoms with Crippen LogP contribution in [0.4, 0.5) is 29.0 Å². The van der Waals surface area contributed by atoms with Gasteiger partial charge in [-0.25, -0.2) is 5.26 Å². The molecule has 3 aromatic carbocycles. The van der Waals surface area contributed by atoms with Crippen molar-refractivity contribution in [3.63, 3.8) is 0 Å². The van der Waals surface area contributed by atoms with Gasteiger partial charge in [0.25, 0.3) is 20.2 Å². The molecule has 0 unspecified atom stereocenters. The van der Waals surface area contributed by atoms with Gasteiger partial charge in [-0.1, -0.05) is 11.1 Å². The Morgan fingerprint density at radius 2 is 1.69 bits per heavy atom. The minimum atomic E-state index is -4.79. The maximum Gasteiger partial charge on any atom is 0.296 e. The molecule has 4 aromatic rings. The van der Waals surface area contributed by atoms with Crippen LogP contribution in [-0.4, -0.2) is 58.3 Å². The third kappa shape index (κ3) is 7.00. The maximum atomic E-state index is 12.1. The SMILES string of the molecule is CNc1nc(Cl)nc(Nc2cc(S(=O)(=O)O)cc3cc(SOOO)c(N=Nc4cc(C)ccc4S(=O)(=O)O)c(O)c23)n1. The van der Waals surface area contributed by atoms with Crippen molar-refractivity contribution in [2.45, 2.75) is 21.6 Å². The fraction of sp³-hybridized carbons (Fsp3) is 0.0952. The van der Waals surface area contributed by atoms with Crippen LogP contribution in [-0.2, 0) is 29.6 Å². The predicted molar refractivity (Wildman–Crippen MR) is 149 cm³/mol. The van der Waals surface area contributed by atoms with Gasteiger partial charge in [-0.05, 0) is 59.8 Å². The van der Waals surface area contributed by atoms with E-state index in [9.17, 15) is 31.0 Å². The van der Waals surface area contributed by atoms with Gasteiger partial charge in [0.15, 0.2) is 5.75 Å². The third-order valence-corrected chi connectivity index (χ3v) is 7.82. The molecule has 0 aliphatic carbocycles. The molecule has 0 aliphatic heterocycles. The highest BCUT2D eigenvalue weighted by atomic mass is 35.5. The van der Waals surface area contributed by atoms with Crippen molar-refractivity contribution in [1.29, 1.82) is 0 Å². The summed E-state index contributed by atoms with van der Waals surface area (Å²) in [5, 5.41) is 36.5. The second-order valence-corrected chi connectivity index (χ2v) is 12.0. The van der Waals surface area contributed by atoms with Gasteiger partial charge in [0, 0.05) is 12.4 Å². The quantitative estimate of drug-likeness (QED) is 0.0438. The van der Waals surface area contributed by atoms with Gasteiger partial charge in [-0.15, -0.1) is 14.6 Å². The molecule has 1 aromatic heterocycles. The smallest absolute Gasteiger partial charge is 0.296 e. The summed E-state index contributed by atoms with van der Waals surface area (Å²) in [5.74, 6) is -0.817. The Balaban J connectivity index is 2.00. The van der Waals surface area contributed by atoms with Gasteiger partial charge >= 0.3 is 0 Å². The van der Waals surface area contributed by atoms with Crippen molar-refractivity contribution in [3.8, 4) is 5.75 Å². The van der Waals surface area contributed by atoms with Crippen LogP contribution in [0.15, 0.2) is 61.3 Å². The Bertz CT molecular complexity index is 1940. The van der Waals surface area contributed by atoms with E-state index in [4.69, 9.17) is 16.9 Å². The van der Waals surface area contributed by atoms with E-state index in [2.05, 4.69) is 45.2 Å². The number of nitrogens with zero attached hydrogens (tertiary/aromatic N) is 5. The average molecular weight is 660 g/mol. The number of phenolic OH excluding ortho intramolecular Hbond substituents is 1. The van der Waals surface area contributed by atoms with E-state index in [0.717, 1.165) is 18.2 Å². The third-order valence-electron chi connectivity index (χ3n) is 5.30. The lowest BCUT2D eigenvalue weighted by molar-refractivity contribution is -0.432. The van der Waals surface area contributed by atoms with Gasteiger partial charge in [0.05, 0.1) is 27.5 Å². The minimum absolute atomic E-state index is 0.0173. The summed E-state index contributed by atoms with van der Waals surface area (Å²) in [7, 11) is -8.00. The number of phenols is 1. The molecule has 0 amide bonds. The molecule has 0 saturated heterocycles. The average Bonchev–Trinajstić information content (AvgIpc) is 2.89. The van der Waals surface area contributed by atoms with Crippen molar-refractivity contribution >= 4 is 83.6 Å². The van der Waals surface area contributed by atoms with Crippen LogP contribution in [0.25, 0.3) is 10.8 Å². The van der Waals surface area contributed by atoms with Gasteiger partial charge < -0.3 is 15.7 Å². The van der Waals surface area contributed by atoms with Crippen molar-refractivity contribution in [3.05, 3.63) is 47.2 Å². The Hall–Kier alpha value is -3.73. The van der Waals surface area contributed by atoms with E-state index in [1.165, 1.54) is 25.2 Å². The normalized spacial score (nSPS) is 12.2. The number of hydrogen-bond acceptors (Lipinski definition) is 16. The van der Waals surface area contributed by atoms with Gasteiger partial charge in [0.1, 0.15) is 16.3 Å². The molecule has 0 aliphatic rings. The Labute approximate surface area is 246 Å². The van der Waals surface area contributed by atoms with Gasteiger partial charge in [-0.3, -0.25) is 9.11 Å². The number of aromatic hydroxyl groups is 1. The highest BCUT2D eigenvalue weighted by Gasteiger charge is 2.23. The van der Waals surface area contributed by atoms with Crippen molar-refractivity contribution in [2.75, 3.05) is 17.7 Å². The van der Waals surface area contributed by atoms with Crippen LogP contribution in [0, 0.1) is 6.92 Å². The van der Waals surface area contributed by atoms with Crippen LogP contribution < -0.4 is 10.6 Å². The molecule has 0 radical (unpaired) electrons. The summed E-state index contributed by atoms with van der Waals surface area (Å²) in [4.78, 5) is 10.5. The van der Waals surface area contributed by atoms with Crippen molar-refractivity contribution in [2.24, 2.45) is 10.2 Å². The number of aryl methyl sites for hydroxylation is 1. The van der Waals surface area contributed by atoms with Crippen LogP contribution in [0.1, 0.15) is 5.56 Å². The summed E-state index contributed by atoms with van der Waals surface area (Å²) >= 11 is 6.24. The van der Waals surface area contributed by atoms with Gasteiger partial charge in [0.2, 0.25) is 17.2 Å². The predicted octanol–water partition coefficient (Wildman–Crippen LogP) is 4.81. The Morgan fingerprint density at radius 1 is 0.976 bits per heavy atom. The number of hydrogen-bond donors (Lipinski definition) is 6. The van der Waals surface area contributed by atoms with E-state index < -0.39 is 35.8 Å². The summed E-state index contributed by atoms with van der Waals surface area (Å²) in [5.41, 5.74) is -0.262. The topological polar surface area (TPSA) is 255 Å². The second kappa shape index (κ2) is 12.2. The molecule has 0 atom stereocenters. The number of nitrogens with one attached hydrogen (secondary N) is 2. The molecule has 4 rings (SSSR count). The van der Waals surface area contributed by atoms with Crippen LogP contribution >= 0.6 is 23.6 Å². The maximum absolute atomic E-state index is 12.1. The summed E-state index contributed by atoms with van der Waals surface area (Å²) in [6.45, 7) is 1.63. The summed E-state index contributed by atoms with van der Waals surface area (Å²) in [6.07, 6.45) is 0. The first-order valence-electron chi connectivity index (χ1n) is 11.0. The van der Waals surface area contributed by atoms with Gasteiger partial charge in [-0.2, -0.15) is 31.8 Å². The molecule has 222 valence electrons. The van der Waals surface area contributed by atoms with Crippen LogP contribution in [0.3, 0.4) is 0 Å². The van der Waals surface area contributed by atoms with E-state index >= 15 is 0 Å². The molecule has 0 bridgehead atoms.